The molecule has 0 N–H and O–H groups in total. The summed E-state index contributed by atoms with van der Waals surface area (Å²) < 4.78 is 18.8. The molecule has 0 bridgehead atoms. The van der Waals surface area contributed by atoms with Gasteiger partial charge < -0.3 is 4.42 Å². The molecule has 7 rings (SSSR count). The number of para-hydroxylation sites is 1. The topological polar surface area (TPSA) is 17.0 Å². The fourth-order valence-corrected chi connectivity index (χ4v) is 8.17. The van der Waals surface area contributed by atoms with Gasteiger partial charge in [0.25, 0.3) is 0 Å². The van der Waals surface area contributed by atoms with Gasteiger partial charge in [0.05, 0.1) is 5.56 Å². The third kappa shape index (κ3) is 3.46. The van der Waals surface area contributed by atoms with Crippen molar-refractivity contribution >= 4 is 21.9 Å². The molecule has 3 aromatic carbocycles. The predicted octanol–water partition coefficient (Wildman–Crippen LogP) is 10.3. The summed E-state index contributed by atoms with van der Waals surface area (Å²) in [6.45, 7) is 16.7. The second-order valence-electron chi connectivity index (χ2n) is 14.2. The third-order valence-electron chi connectivity index (χ3n) is 11.6. The van der Waals surface area contributed by atoms with Gasteiger partial charge in [-0.3, -0.25) is 0 Å². The smallest absolute Gasteiger partial charge is 0.216 e. The third-order valence-corrected chi connectivity index (χ3v) is 11.6. The molecule has 2 aromatic heterocycles. The lowest BCUT2D eigenvalue weighted by Gasteiger charge is -2.45. The van der Waals surface area contributed by atoms with E-state index in [0.29, 0.717) is 0 Å². The Morgan fingerprint density at radius 1 is 0.756 bits per heavy atom. The highest BCUT2D eigenvalue weighted by atomic mass is 16.3. The Labute approximate surface area is 246 Å². The minimum Gasteiger partial charge on any atom is -0.454 e. The maximum Gasteiger partial charge on any atom is 0.216 e. The average Bonchev–Trinajstić information content (AvgIpc) is 3.59. The van der Waals surface area contributed by atoms with E-state index < -0.39 is 5.89 Å². The summed E-state index contributed by atoms with van der Waals surface area (Å²) >= 11 is 0. The molecular formula is C39H44NO+. The number of nitrogens with zero attached hydrogens (tertiary/aromatic N) is 1. The molecule has 0 unspecified atom stereocenters. The Morgan fingerprint density at radius 3 is 2.20 bits per heavy atom. The highest BCUT2D eigenvalue weighted by Gasteiger charge is 2.58. The Kier molecular flexibility index (Phi) is 5.44. The van der Waals surface area contributed by atoms with Gasteiger partial charge in [0.15, 0.2) is 6.20 Å². The van der Waals surface area contributed by atoms with E-state index in [2.05, 4.69) is 127 Å². The van der Waals surface area contributed by atoms with E-state index in [0.717, 1.165) is 64.4 Å². The van der Waals surface area contributed by atoms with Gasteiger partial charge in [-0.25, -0.2) is 4.57 Å². The summed E-state index contributed by atoms with van der Waals surface area (Å²) in [5.41, 5.74) is 11.7. The van der Waals surface area contributed by atoms with E-state index >= 15 is 0 Å². The van der Waals surface area contributed by atoms with E-state index in [1.54, 1.807) is 0 Å². The van der Waals surface area contributed by atoms with Gasteiger partial charge in [-0.2, -0.15) is 0 Å². The van der Waals surface area contributed by atoms with E-state index in [4.69, 9.17) is 4.42 Å². The molecule has 41 heavy (non-hydrogen) atoms. The summed E-state index contributed by atoms with van der Waals surface area (Å²) in [5.74, 6) is -0.501. The van der Waals surface area contributed by atoms with Crippen LogP contribution in [-0.2, 0) is 17.9 Å². The lowest BCUT2D eigenvalue weighted by Crippen LogP contribution is -2.42. The Balaban J connectivity index is 1.56. The first kappa shape index (κ1) is 25.3. The van der Waals surface area contributed by atoms with Gasteiger partial charge in [0.2, 0.25) is 5.69 Å². The van der Waals surface area contributed by atoms with Crippen LogP contribution in [0.1, 0.15) is 96.7 Å². The molecule has 5 aromatic rings. The zero-order chi connectivity index (χ0) is 29.8. The molecule has 2 aliphatic rings. The van der Waals surface area contributed by atoms with E-state index in [9.17, 15) is 1.37 Å². The molecule has 0 saturated heterocycles. The standard InChI is InChI=1S/C39H44NO/c1-24-19-20-30-29-17-13-16-28(35(29)41-36(30)32(24)31-18-11-12-23-40(31)8)27-22-21-26(25-14-9-10-15-25)33-34(27)38(4,5)39(6,7)37(33,2)3/h11-13,16-23,25H,9-10,14-15H2,1-8H3/q+1/i25D. The van der Waals surface area contributed by atoms with Crippen LogP contribution in [0.15, 0.2) is 71.3 Å². The fraction of sp³-hybridized carbons (Fsp3) is 0.410. The summed E-state index contributed by atoms with van der Waals surface area (Å²) in [5, 5.41) is 2.31. The molecule has 0 atom stereocenters. The first-order valence-corrected chi connectivity index (χ1v) is 15.4. The number of pyridine rings is 1. The maximum absolute atomic E-state index is 9.63. The van der Waals surface area contributed by atoms with Gasteiger partial charge in [0.1, 0.15) is 18.2 Å². The van der Waals surface area contributed by atoms with Crippen LogP contribution in [0.25, 0.3) is 44.3 Å². The molecule has 2 aliphatic carbocycles. The quantitative estimate of drug-likeness (QED) is 0.207. The molecule has 210 valence electrons. The predicted molar refractivity (Wildman–Crippen MR) is 172 cm³/mol. The molecule has 2 heterocycles. The van der Waals surface area contributed by atoms with Crippen molar-refractivity contribution in [2.75, 3.05) is 0 Å². The van der Waals surface area contributed by atoms with Crippen molar-refractivity contribution in [2.45, 2.75) is 90.9 Å². The molecule has 2 heteroatoms. The fourth-order valence-electron chi connectivity index (χ4n) is 8.17. The first-order chi connectivity index (χ1) is 19.8. The number of benzene rings is 3. The van der Waals surface area contributed by atoms with Crippen molar-refractivity contribution < 1.29 is 10.4 Å². The summed E-state index contributed by atoms with van der Waals surface area (Å²) in [7, 11) is 2.10. The second kappa shape index (κ2) is 8.81. The minimum atomic E-state index is -0.501. The number of hydrogen-bond acceptors (Lipinski definition) is 1. The molecule has 2 nitrogen and oxygen atoms in total. The number of rotatable bonds is 3. The Morgan fingerprint density at radius 2 is 1.46 bits per heavy atom. The molecule has 0 amide bonds. The van der Waals surface area contributed by atoms with Gasteiger partial charge >= 0.3 is 0 Å². The van der Waals surface area contributed by atoms with Crippen molar-refractivity contribution in [3.63, 3.8) is 0 Å². The highest BCUT2D eigenvalue weighted by Crippen LogP contribution is 2.65. The van der Waals surface area contributed by atoms with Gasteiger partial charge in [0, 0.05) is 29.8 Å². The van der Waals surface area contributed by atoms with Crippen LogP contribution in [0.2, 0.25) is 0 Å². The number of aryl methyl sites for hydroxylation is 2. The molecule has 0 radical (unpaired) electrons. The maximum atomic E-state index is 9.63. The van der Waals surface area contributed by atoms with Crippen molar-refractivity contribution in [1.82, 2.24) is 0 Å². The summed E-state index contributed by atoms with van der Waals surface area (Å²) in [6.07, 6.45) is 6.29. The van der Waals surface area contributed by atoms with Crippen molar-refractivity contribution in [3.05, 3.63) is 89.1 Å². The van der Waals surface area contributed by atoms with Gasteiger partial charge in [-0.1, -0.05) is 96.8 Å². The SMILES string of the molecule is [2H]C1(c2ccc(-c3cccc4c3oc3c(-c5cccc[n+]5C)c(C)ccc34)c3c2C(C)(C)C(C)(C)C3(C)C)CCCC1. The monoisotopic (exact) mass is 543 g/mol. The minimum absolute atomic E-state index is 0.00370. The molecule has 1 saturated carbocycles. The van der Waals surface area contributed by atoms with Crippen LogP contribution >= 0.6 is 0 Å². The Hall–Kier alpha value is -3.39. The van der Waals surface area contributed by atoms with E-state index in [1.165, 1.54) is 27.8 Å². The lowest BCUT2D eigenvalue weighted by atomic mass is 9.59. The van der Waals surface area contributed by atoms with Crippen LogP contribution < -0.4 is 4.57 Å². The van der Waals surface area contributed by atoms with Gasteiger partial charge in [-0.15, -0.1) is 0 Å². The number of aromatic nitrogens is 1. The van der Waals surface area contributed by atoms with E-state index in [-0.39, 0.29) is 16.2 Å². The van der Waals surface area contributed by atoms with Crippen LogP contribution in [0.3, 0.4) is 0 Å². The molecule has 0 spiro atoms. The van der Waals surface area contributed by atoms with Crippen LogP contribution in [-0.4, -0.2) is 0 Å². The lowest BCUT2D eigenvalue weighted by molar-refractivity contribution is -0.660. The molecule has 0 aliphatic heterocycles. The average molecular weight is 544 g/mol. The normalized spacial score (nSPS) is 20.4. The van der Waals surface area contributed by atoms with Crippen LogP contribution in [0.5, 0.6) is 0 Å². The molecular weight excluding hydrogens is 498 g/mol. The highest BCUT2D eigenvalue weighted by molar-refractivity contribution is 6.13. The van der Waals surface area contributed by atoms with Crippen molar-refractivity contribution in [2.24, 2.45) is 12.5 Å². The number of hydrogen-bond donors (Lipinski definition) is 0. The van der Waals surface area contributed by atoms with Crippen LogP contribution in [0, 0.1) is 12.3 Å². The Bertz CT molecular complexity index is 1900. The number of fused-ring (bicyclic) bond motifs is 4. The largest absolute Gasteiger partial charge is 0.454 e. The summed E-state index contributed by atoms with van der Waals surface area (Å²) in [4.78, 5) is 0. The zero-order valence-electron chi connectivity index (χ0n) is 27.0. The number of furan rings is 1. The van der Waals surface area contributed by atoms with Crippen molar-refractivity contribution in [1.29, 1.82) is 0 Å². The van der Waals surface area contributed by atoms with Gasteiger partial charge in [-0.05, 0) is 75.8 Å². The van der Waals surface area contributed by atoms with Crippen molar-refractivity contribution in [3.8, 4) is 22.4 Å². The zero-order valence-corrected chi connectivity index (χ0v) is 26.0. The van der Waals surface area contributed by atoms with Crippen LogP contribution in [0.4, 0.5) is 0 Å². The summed E-state index contributed by atoms with van der Waals surface area (Å²) in [6, 6.07) is 22.1. The first-order valence-electron chi connectivity index (χ1n) is 15.9. The van der Waals surface area contributed by atoms with E-state index in [1.807, 2.05) is 0 Å². The molecule has 1 fully saturated rings. The second-order valence-corrected chi connectivity index (χ2v) is 14.2.